The number of hydrogen-bond acceptors (Lipinski definition) is 12. The van der Waals surface area contributed by atoms with Crippen LogP contribution in [0, 0.1) is 46.3 Å². The van der Waals surface area contributed by atoms with Crippen LogP contribution in [0.25, 0.3) is 0 Å². The molecule has 11 atom stereocenters. The van der Waals surface area contributed by atoms with Crippen LogP contribution in [0.15, 0.2) is 0 Å². The second kappa shape index (κ2) is 16.4. The molecule has 12 nitrogen and oxygen atoms in total. The van der Waals surface area contributed by atoms with Gasteiger partial charge in [0, 0.05) is 43.9 Å². The van der Waals surface area contributed by atoms with E-state index < -0.39 is 0 Å². The Morgan fingerprint density at radius 3 is 2.00 bits per heavy atom. The lowest BCUT2D eigenvalue weighted by molar-refractivity contribution is -0.225. The number of rotatable bonds is 15. The van der Waals surface area contributed by atoms with Crippen LogP contribution in [-0.2, 0) is 38.1 Å². The van der Waals surface area contributed by atoms with Gasteiger partial charge in [0.05, 0.1) is 19.3 Å². The Morgan fingerprint density at radius 1 is 0.723 bits per heavy atom. The summed E-state index contributed by atoms with van der Waals surface area (Å²) in [5.74, 6) is -0.244. The van der Waals surface area contributed by atoms with E-state index in [1.165, 1.54) is 0 Å². The summed E-state index contributed by atoms with van der Waals surface area (Å²) in [4.78, 5) is 50.9. The summed E-state index contributed by atoms with van der Waals surface area (Å²) in [7, 11) is 0. The van der Waals surface area contributed by atoms with Gasteiger partial charge in [0.1, 0.15) is 24.9 Å². The minimum atomic E-state index is -0.386. The van der Waals surface area contributed by atoms with Crippen LogP contribution < -0.4 is 22.9 Å². The summed E-state index contributed by atoms with van der Waals surface area (Å²) in [5.41, 5.74) is 22.1. The molecule has 0 aliphatic heterocycles. The van der Waals surface area contributed by atoms with Crippen molar-refractivity contribution in [2.75, 3.05) is 32.8 Å². The Hall–Kier alpha value is -2.28. The molecule has 4 aliphatic rings. The van der Waals surface area contributed by atoms with Crippen LogP contribution in [0.1, 0.15) is 97.8 Å². The largest absolute Gasteiger partial charge is 0.464 e. The van der Waals surface area contributed by atoms with E-state index in [2.05, 4.69) is 20.8 Å². The van der Waals surface area contributed by atoms with Crippen molar-refractivity contribution >= 4 is 23.9 Å². The van der Waals surface area contributed by atoms with Crippen molar-refractivity contribution in [1.82, 2.24) is 0 Å². The summed E-state index contributed by atoms with van der Waals surface area (Å²) in [6.45, 7) is 7.96. The predicted molar refractivity (Wildman–Crippen MR) is 175 cm³/mol. The second-order valence-corrected chi connectivity index (χ2v) is 15.0. The maximum atomic E-state index is 13.1. The van der Waals surface area contributed by atoms with Gasteiger partial charge in [-0.1, -0.05) is 20.8 Å². The minimum absolute atomic E-state index is 0.0792. The molecule has 0 spiro atoms. The Balaban J connectivity index is 1.67. The van der Waals surface area contributed by atoms with Gasteiger partial charge in [0.2, 0.25) is 0 Å². The van der Waals surface area contributed by atoms with Crippen LogP contribution in [0.3, 0.4) is 0 Å². The molecule has 0 aromatic rings. The van der Waals surface area contributed by atoms with Gasteiger partial charge in [-0.2, -0.15) is 0 Å². The van der Waals surface area contributed by atoms with Gasteiger partial charge < -0.3 is 41.9 Å². The number of nitrogens with two attached hydrogens (primary N) is 4. The van der Waals surface area contributed by atoms with Crippen molar-refractivity contribution in [2.45, 2.75) is 116 Å². The number of esters is 4. The smallest absolute Gasteiger partial charge is 0.307 e. The van der Waals surface area contributed by atoms with Crippen LogP contribution in [0.5, 0.6) is 0 Å². The zero-order valence-electron chi connectivity index (χ0n) is 28.8. The third-order valence-electron chi connectivity index (χ3n) is 12.5. The standard InChI is InChI=1S/C35H60N4O8/c1-21(4-7-29(40)44-17-16-39)24-5-6-25-33-26(20-28(35(24,25)3)47-32(43)11-15-38)34(2)12-8-23(45-30(41)9-13-36)18-22(34)19-27(33)46-31(42)10-14-37/h21-28,33H,4-20,36-39H2,1-3H3/t21-,22?,23-,24?,25+,26+,27-,28+,33?,34+,35?/m1/s1. The molecule has 0 aromatic heterocycles. The molecule has 0 bridgehead atoms. The van der Waals surface area contributed by atoms with E-state index in [4.69, 9.17) is 41.9 Å². The number of fused-ring (bicyclic) bond motifs is 5. The van der Waals surface area contributed by atoms with Crippen LogP contribution in [0.2, 0.25) is 0 Å². The molecule has 4 rings (SSSR count). The molecule has 0 heterocycles. The highest BCUT2D eigenvalue weighted by Gasteiger charge is 2.67. The molecule has 4 unspecified atom stereocenters. The van der Waals surface area contributed by atoms with Gasteiger partial charge in [-0.05, 0) is 86.4 Å². The predicted octanol–water partition coefficient (Wildman–Crippen LogP) is 2.57. The Kier molecular flexibility index (Phi) is 13.1. The SMILES string of the molecule is C[C@H](CCC(=O)OCCN)C1CC[C@H]2C3[C@H](OC(=O)CCN)CC4C[C@H](OC(=O)CCN)CC[C@]4(C)[C@H]3C[C@H](OC(=O)CCN)C12C. The lowest BCUT2D eigenvalue weighted by Crippen LogP contribution is -2.63. The van der Waals surface area contributed by atoms with E-state index in [1.54, 1.807) is 0 Å². The number of carbonyl (C=O) groups excluding carboxylic acids is 4. The first-order valence-electron chi connectivity index (χ1n) is 18.0. The van der Waals surface area contributed by atoms with Gasteiger partial charge in [-0.15, -0.1) is 0 Å². The summed E-state index contributed by atoms with van der Waals surface area (Å²) in [6.07, 6.45) is 6.08. The lowest BCUT2D eigenvalue weighted by Gasteiger charge is -2.64. The van der Waals surface area contributed by atoms with E-state index in [0.717, 1.165) is 25.7 Å². The Bertz CT molecular complexity index is 1110. The molecule has 268 valence electrons. The maximum Gasteiger partial charge on any atom is 0.307 e. The van der Waals surface area contributed by atoms with Gasteiger partial charge in [-0.25, -0.2) is 0 Å². The zero-order chi connectivity index (χ0) is 34.4. The molecular formula is C35H60N4O8. The number of hydrogen-bond donors (Lipinski definition) is 4. The van der Waals surface area contributed by atoms with Gasteiger partial charge in [0.15, 0.2) is 0 Å². The van der Waals surface area contributed by atoms with Crippen molar-refractivity contribution in [1.29, 1.82) is 0 Å². The van der Waals surface area contributed by atoms with Gasteiger partial charge in [0.25, 0.3) is 0 Å². The van der Waals surface area contributed by atoms with Crippen molar-refractivity contribution in [3.05, 3.63) is 0 Å². The molecule has 12 heteroatoms. The fraction of sp³-hybridized carbons (Fsp3) is 0.886. The van der Waals surface area contributed by atoms with E-state index in [-0.39, 0.29) is 134 Å². The van der Waals surface area contributed by atoms with E-state index in [9.17, 15) is 19.2 Å². The van der Waals surface area contributed by atoms with Gasteiger partial charge >= 0.3 is 23.9 Å². The average Bonchev–Trinajstić information content (AvgIpc) is 3.38. The first-order chi connectivity index (χ1) is 22.4. The molecule has 0 amide bonds. The third-order valence-corrected chi connectivity index (χ3v) is 12.5. The van der Waals surface area contributed by atoms with Crippen LogP contribution in [-0.4, -0.2) is 75.0 Å². The molecule has 0 saturated heterocycles. The summed E-state index contributed by atoms with van der Waals surface area (Å²) >= 11 is 0. The molecule has 4 saturated carbocycles. The molecule has 0 radical (unpaired) electrons. The zero-order valence-corrected chi connectivity index (χ0v) is 28.8. The highest BCUT2D eigenvalue weighted by molar-refractivity contribution is 5.71. The van der Waals surface area contributed by atoms with E-state index in [0.29, 0.717) is 38.6 Å². The van der Waals surface area contributed by atoms with Gasteiger partial charge in [-0.3, -0.25) is 19.2 Å². The third kappa shape index (κ3) is 8.13. The molecule has 47 heavy (non-hydrogen) atoms. The molecular weight excluding hydrogens is 604 g/mol. The molecule has 4 fully saturated rings. The highest BCUT2D eigenvalue weighted by atomic mass is 16.6. The number of carbonyl (C=O) groups is 4. The quantitative estimate of drug-likeness (QED) is 0.147. The normalized spacial score (nSPS) is 36.7. The van der Waals surface area contributed by atoms with Crippen LogP contribution >= 0.6 is 0 Å². The topological polar surface area (TPSA) is 209 Å². The lowest BCUT2D eigenvalue weighted by atomic mass is 9.43. The number of ether oxygens (including phenoxy) is 4. The van der Waals surface area contributed by atoms with E-state index in [1.807, 2.05) is 0 Å². The molecule has 0 aromatic carbocycles. The first kappa shape index (κ1) is 37.5. The first-order valence-corrected chi connectivity index (χ1v) is 18.0. The second-order valence-electron chi connectivity index (χ2n) is 15.0. The minimum Gasteiger partial charge on any atom is -0.464 e. The average molecular weight is 665 g/mol. The fourth-order valence-electron chi connectivity index (χ4n) is 10.3. The van der Waals surface area contributed by atoms with E-state index >= 15 is 0 Å². The highest BCUT2D eigenvalue weighted by Crippen LogP contribution is 2.69. The van der Waals surface area contributed by atoms with Crippen molar-refractivity contribution in [2.24, 2.45) is 69.3 Å². The van der Waals surface area contributed by atoms with Crippen molar-refractivity contribution < 1.29 is 38.1 Å². The molecule has 8 N–H and O–H groups in total. The van der Waals surface area contributed by atoms with Crippen molar-refractivity contribution in [3.8, 4) is 0 Å². The Morgan fingerprint density at radius 2 is 1.36 bits per heavy atom. The van der Waals surface area contributed by atoms with Crippen LogP contribution in [0.4, 0.5) is 0 Å². The Labute approximate surface area is 280 Å². The molecule has 4 aliphatic carbocycles. The monoisotopic (exact) mass is 664 g/mol. The maximum absolute atomic E-state index is 13.1. The summed E-state index contributed by atoms with van der Waals surface area (Å²) in [6, 6.07) is 0. The summed E-state index contributed by atoms with van der Waals surface area (Å²) < 4.78 is 23.8. The van der Waals surface area contributed by atoms with Crippen molar-refractivity contribution in [3.63, 3.8) is 0 Å². The summed E-state index contributed by atoms with van der Waals surface area (Å²) in [5, 5.41) is 0. The fourth-order valence-corrected chi connectivity index (χ4v) is 10.3.